The van der Waals surface area contributed by atoms with Gasteiger partial charge in [0.15, 0.2) is 11.5 Å². The van der Waals surface area contributed by atoms with Gasteiger partial charge in [-0.3, -0.25) is 9.36 Å². The first-order valence-corrected chi connectivity index (χ1v) is 10.3. The number of fused-ring (bicyclic) bond motifs is 2. The first-order chi connectivity index (χ1) is 15.2. The van der Waals surface area contributed by atoms with Gasteiger partial charge in [-0.2, -0.15) is 0 Å². The summed E-state index contributed by atoms with van der Waals surface area (Å²) in [5.41, 5.74) is 1.56. The minimum atomic E-state index is 0.0216. The predicted molar refractivity (Wildman–Crippen MR) is 119 cm³/mol. The highest BCUT2D eigenvalue weighted by Gasteiger charge is 2.24. The lowest BCUT2D eigenvalue weighted by Gasteiger charge is -2.34. The van der Waals surface area contributed by atoms with E-state index in [-0.39, 0.29) is 11.6 Å². The number of anilines is 1. The van der Waals surface area contributed by atoms with Crippen LogP contribution in [0, 0.1) is 0 Å². The van der Waals surface area contributed by atoms with E-state index in [9.17, 15) is 4.79 Å². The highest BCUT2D eigenvalue weighted by Crippen LogP contribution is 2.36. The molecule has 0 aliphatic carbocycles. The molecule has 8 heteroatoms. The summed E-state index contributed by atoms with van der Waals surface area (Å²) in [6.45, 7) is 1.56. The maximum Gasteiger partial charge on any atom is 0.261 e. The first-order valence-electron chi connectivity index (χ1n) is 10.3. The van der Waals surface area contributed by atoms with Gasteiger partial charge < -0.3 is 14.4 Å². The molecule has 31 heavy (non-hydrogen) atoms. The van der Waals surface area contributed by atoms with Gasteiger partial charge >= 0.3 is 0 Å². The lowest BCUT2D eigenvalue weighted by Crippen LogP contribution is -2.38. The largest absolute Gasteiger partial charge is 0.493 e. The fourth-order valence-electron chi connectivity index (χ4n) is 4.32. The second kappa shape index (κ2) is 7.86. The Morgan fingerprint density at radius 2 is 1.65 bits per heavy atom. The van der Waals surface area contributed by atoms with Crippen molar-refractivity contribution in [2.24, 2.45) is 0 Å². The molecule has 0 saturated carbocycles. The number of nitrogens with zero attached hydrogens (tertiary/aromatic N) is 5. The lowest BCUT2D eigenvalue weighted by atomic mass is 10.0. The van der Waals surface area contributed by atoms with Crippen molar-refractivity contribution in [3.8, 4) is 11.5 Å². The summed E-state index contributed by atoms with van der Waals surface area (Å²) in [4.78, 5) is 28.6. The number of rotatable bonds is 4. The van der Waals surface area contributed by atoms with Crippen LogP contribution in [0.2, 0.25) is 0 Å². The van der Waals surface area contributed by atoms with Crippen LogP contribution in [0.1, 0.15) is 18.9 Å². The van der Waals surface area contributed by atoms with Crippen LogP contribution in [0.4, 0.5) is 5.82 Å². The summed E-state index contributed by atoms with van der Waals surface area (Å²) in [5, 5.41) is 1.58. The third-order valence-corrected chi connectivity index (χ3v) is 5.97. The SMILES string of the molecule is COc1cc2ncnc(N3CCC(n4cnc5ccccc5c4=O)CC3)c2cc1OC. The second-order valence-corrected chi connectivity index (χ2v) is 7.61. The summed E-state index contributed by atoms with van der Waals surface area (Å²) in [6.07, 6.45) is 4.92. The molecule has 1 aliphatic rings. The smallest absolute Gasteiger partial charge is 0.261 e. The summed E-state index contributed by atoms with van der Waals surface area (Å²) in [5.74, 6) is 2.16. The van der Waals surface area contributed by atoms with Gasteiger partial charge in [0, 0.05) is 30.6 Å². The molecule has 1 saturated heterocycles. The van der Waals surface area contributed by atoms with Crippen molar-refractivity contribution in [3.63, 3.8) is 0 Å². The number of hydrogen-bond donors (Lipinski definition) is 0. The van der Waals surface area contributed by atoms with E-state index < -0.39 is 0 Å². The second-order valence-electron chi connectivity index (χ2n) is 7.61. The maximum absolute atomic E-state index is 12.9. The molecule has 3 heterocycles. The van der Waals surface area contributed by atoms with Gasteiger partial charge in [0.1, 0.15) is 12.1 Å². The molecule has 2 aromatic heterocycles. The zero-order valence-corrected chi connectivity index (χ0v) is 17.5. The van der Waals surface area contributed by atoms with Gasteiger partial charge in [-0.05, 0) is 31.0 Å². The fraction of sp³-hybridized carbons (Fsp3) is 0.304. The molecule has 0 spiro atoms. The monoisotopic (exact) mass is 417 g/mol. The minimum absolute atomic E-state index is 0.0216. The lowest BCUT2D eigenvalue weighted by molar-refractivity contribution is 0.355. The van der Waals surface area contributed by atoms with E-state index in [4.69, 9.17) is 9.47 Å². The van der Waals surface area contributed by atoms with E-state index in [1.54, 1.807) is 31.4 Å². The molecule has 0 unspecified atom stereocenters. The van der Waals surface area contributed by atoms with Gasteiger partial charge in [-0.15, -0.1) is 0 Å². The van der Waals surface area contributed by atoms with Crippen LogP contribution in [0.15, 0.2) is 53.8 Å². The Morgan fingerprint density at radius 3 is 2.42 bits per heavy atom. The highest BCUT2D eigenvalue weighted by molar-refractivity contribution is 5.92. The Bertz CT molecular complexity index is 1310. The number of para-hydroxylation sites is 1. The molecule has 0 atom stereocenters. The van der Waals surface area contributed by atoms with Crippen LogP contribution >= 0.6 is 0 Å². The third-order valence-electron chi connectivity index (χ3n) is 5.97. The van der Waals surface area contributed by atoms with Gasteiger partial charge in [0.2, 0.25) is 0 Å². The van der Waals surface area contributed by atoms with Crippen LogP contribution in [-0.4, -0.2) is 46.8 Å². The van der Waals surface area contributed by atoms with E-state index in [1.165, 1.54) is 0 Å². The average Bonchev–Trinajstić information content (AvgIpc) is 2.83. The van der Waals surface area contributed by atoms with Crippen molar-refractivity contribution in [2.45, 2.75) is 18.9 Å². The minimum Gasteiger partial charge on any atom is -0.493 e. The number of methoxy groups -OCH3 is 2. The molecule has 4 aromatic rings. The van der Waals surface area contributed by atoms with Crippen LogP contribution < -0.4 is 19.9 Å². The molecular weight excluding hydrogens is 394 g/mol. The molecule has 2 aromatic carbocycles. The van der Waals surface area contributed by atoms with Crippen LogP contribution in [-0.2, 0) is 0 Å². The predicted octanol–water partition coefficient (Wildman–Crippen LogP) is 3.20. The Kier molecular flexibility index (Phi) is 4.89. The topological polar surface area (TPSA) is 82.4 Å². The Hall–Kier alpha value is -3.68. The Morgan fingerprint density at radius 1 is 0.903 bits per heavy atom. The van der Waals surface area contributed by atoms with Crippen molar-refractivity contribution >= 4 is 27.6 Å². The molecule has 0 bridgehead atoms. The third kappa shape index (κ3) is 3.34. The van der Waals surface area contributed by atoms with E-state index in [1.807, 2.05) is 36.4 Å². The van der Waals surface area contributed by atoms with Crippen molar-refractivity contribution < 1.29 is 9.47 Å². The summed E-state index contributed by atoms with van der Waals surface area (Å²) < 4.78 is 12.6. The molecular formula is C23H23N5O3. The van der Waals surface area contributed by atoms with Crippen molar-refractivity contribution in [1.29, 1.82) is 0 Å². The van der Waals surface area contributed by atoms with Crippen LogP contribution in [0.5, 0.6) is 11.5 Å². The normalized spacial score (nSPS) is 14.8. The van der Waals surface area contributed by atoms with Gasteiger partial charge in [0.25, 0.3) is 5.56 Å². The fourth-order valence-corrected chi connectivity index (χ4v) is 4.32. The molecule has 0 N–H and O–H groups in total. The van der Waals surface area contributed by atoms with Crippen molar-refractivity contribution in [2.75, 3.05) is 32.2 Å². The number of piperidine rings is 1. The number of benzene rings is 2. The summed E-state index contributed by atoms with van der Waals surface area (Å²) in [6, 6.07) is 11.4. The Labute approximate surface area is 179 Å². The zero-order valence-electron chi connectivity index (χ0n) is 17.5. The number of hydrogen-bond acceptors (Lipinski definition) is 7. The molecule has 8 nitrogen and oxygen atoms in total. The molecule has 0 amide bonds. The molecule has 5 rings (SSSR count). The Balaban J connectivity index is 1.43. The van der Waals surface area contributed by atoms with Crippen molar-refractivity contribution in [3.05, 3.63) is 59.4 Å². The molecule has 1 aliphatic heterocycles. The number of ether oxygens (including phenoxy) is 2. The number of aromatic nitrogens is 4. The van der Waals surface area contributed by atoms with E-state index in [0.29, 0.717) is 16.9 Å². The van der Waals surface area contributed by atoms with E-state index in [2.05, 4.69) is 19.9 Å². The van der Waals surface area contributed by atoms with E-state index in [0.717, 1.165) is 48.2 Å². The van der Waals surface area contributed by atoms with E-state index >= 15 is 0 Å². The molecule has 158 valence electrons. The van der Waals surface area contributed by atoms with Crippen molar-refractivity contribution in [1.82, 2.24) is 19.5 Å². The van der Waals surface area contributed by atoms with Crippen LogP contribution in [0.25, 0.3) is 21.8 Å². The van der Waals surface area contributed by atoms with Gasteiger partial charge in [0.05, 0.1) is 37.0 Å². The standard InChI is InChI=1S/C23H23N5O3/c1-30-20-11-17-19(12-21(20)31-2)24-13-25-22(17)27-9-7-15(8-10-27)28-14-26-18-6-4-3-5-16(18)23(28)29/h3-6,11-15H,7-10H2,1-2H3. The van der Waals surface area contributed by atoms with Gasteiger partial charge in [-0.1, -0.05) is 12.1 Å². The zero-order chi connectivity index (χ0) is 21.4. The first kappa shape index (κ1) is 19.3. The average molecular weight is 417 g/mol. The van der Waals surface area contributed by atoms with Gasteiger partial charge in [-0.25, -0.2) is 15.0 Å². The molecule has 0 radical (unpaired) electrons. The van der Waals surface area contributed by atoms with Crippen LogP contribution in [0.3, 0.4) is 0 Å². The highest BCUT2D eigenvalue weighted by atomic mass is 16.5. The molecule has 1 fully saturated rings. The summed E-state index contributed by atoms with van der Waals surface area (Å²) >= 11 is 0. The quantitative estimate of drug-likeness (QED) is 0.504. The summed E-state index contributed by atoms with van der Waals surface area (Å²) in [7, 11) is 3.23. The maximum atomic E-state index is 12.9.